The highest BCUT2D eigenvalue weighted by Crippen LogP contribution is 2.53. The number of phenolic OH excluding ortho intramolecular Hbond substituents is 1. The smallest absolute Gasteiger partial charge is 0.255 e. The van der Waals surface area contributed by atoms with Crippen LogP contribution in [0, 0.1) is 11.8 Å². The molecule has 7 N–H and O–H groups in total. The first-order valence-electron chi connectivity index (χ1n) is 13.9. The molecule has 0 aliphatic heterocycles. The predicted octanol–water partition coefficient (Wildman–Crippen LogP) is 1.41. The number of amides is 2. The zero-order chi connectivity index (χ0) is 31.5. The number of aromatic nitrogens is 1. The van der Waals surface area contributed by atoms with Crippen molar-refractivity contribution in [2.45, 2.75) is 50.8 Å². The molecule has 0 saturated heterocycles. The summed E-state index contributed by atoms with van der Waals surface area (Å²) in [5.74, 6) is -7.63. The van der Waals surface area contributed by atoms with Crippen molar-refractivity contribution in [3.05, 3.63) is 75.3 Å². The van der Waals surface area contributed by atoms with Gasteiger partial charge in [-0.05, 0) is 73.7 Å². The molecule has 0 bridgehead atoms. The number of rotatable bonds is 6. The number of pyridine rings is 1. The van der Waals surface area contributed by atoms with Gasteiger partial charge >= 0.3 is 0 Å². The second-order valence-electron chi connectivity index (χ2n) is 11.9. The van der Waals surface area contributed by atoms with E-state index >= 15 is 0 Å². The summed E-state index contributed by atoms with van der Waals surface area (Å²) < 4.78 is 0. The largest absolute Gasteiger partial charge is 0.508 e. The summed E-state index contributed by atoms with van der Waals surface area (Å²) in [5, 5.41) is 48.6. The molecule has 12 nitrogen and oxygen atoms in total. The summed E-state index contributed by atoms with van der Waals surface area (Å²) in [6.07, 6.45) is 3.07. The van der Waals surface area contributed by atoms with E-state index in [1.807, 2.05) is 13.8 Å². The number of nitrogens with zero attached hydrogens (tertiary/aromatic N) is 2. The summed E-state index contributed by atoms with van der Waals surface area (Å²) in [7, 11) is 3.09. The van der Waals surface area contributed by atoms with Gasteiger partial charge in [0.2, 0.25) is 5.78 Å². The molecule has 2 aromatic rings. The number of aliphatic hydroxyl groups is 3. The zero-order valence-corrected chi connectivity index (χ0v) is 24.2. The average molecular weight is 591 g/mol. The Hall–Kier alpha value is -4.55. The molecule has 12 heteroatoms. The highest BCUT2D eigenvalue weighted by Gasteiger charge is 2.64. The molecule has 226 valence electrons. The summed E-state index contributed by atoms with van der Waals surface area (Å²) in [5.41, 5.74) is 3.49. The van der Waals surface area contributed by atoms with Gasteiger partial charge in [-0.15, -0.1) is 0 Å². The Morgan fingerprint density at radius 2 is 1.91 bits per heavy atom. The number of nitrogens with two attached hydrogens (primary N) is 1. The van der Waals surface area contributed by atoms with Gasteiger partial charge < -0.3 is 31.5 Å². The Balaban J connectivity index is 1.66. The van der Waals surface area contributed by atoms with E-state index in [0.29, 0.717) is 22.3 Å². The van der Waals surface area contributed by atoms with E-state index in [0.717, 1.165) is 0 Å². The fourth-order valence-electron chi connectivity index (χ4n) is 6.78. The van der Waals surface area contributed by atoms with Crippen molar-refractivity contribution >= 4 is 29.1 Å². The molecule has 1 aromatic heterocycles. The minimum absolute atomic E-state index is 0.00637. The number of hydrogen-bond donors (Lipinski definition) is 6. The van der Waals surface area contributed by atoms with Crippen LogP contribution >= 0.6 is 0 Å². The fraction of sp³-hybridized carbons (Fsp3) is 0.387. The van der Waals surface area contributed by atoms with Gasteiger partial charge in [0.25, 0.3) is 11.8 Å². The second-order valence-corrected chi connectivity index (χ2v) is 11.9. The molecule has 3 aliphatic carbocycles. The molecule has 3 aliphatic rings. The minimum Gasteiger partial charge on any atom is -0.508 e. The summed E-state index contributed by atoms with van der Waals surface area (Å²) in [4.78, 5) is 57.8. The number of aliphatic hydroxyl groups excluding tert-OH is 2. The van der Waals surface area contributed by atoms with Crippen LogP contribution in [0.3, 0.4) is 0 Å². The first-order valence-corrected chi connectivity index (χ1v) is 13.9. The van der Waals surface area contributed by atoms with Crippen LogP contribution in [0.15, 0.2) is 47.5 Å². The van der Waals surface area contributed by atoms with Gasteiger partial charge in [0.05, 0.1) is 17.2 Å². The lowest BCUT2D eigenvalue weighted by atomic mass is 9.57. The maximum atomic E-state index is 14.1. The molecule has 4 unspecified atom stereocenters. The quantitative estimate of drug-likeness (QED) is 0.267. The number of Topliss-reactive ketones (excluding diaryl/α,β-unsaturated/α-hetero) is 2. The lowest BCUT2D eigenvalue weighted by Gasteiger charge is -2.50. The number of carbonyl (C=O) groups is 4. The maximum Gasteiger partial charge on any atom is 0.255 e. The Kier molecular flexibility index (Phi) is 7.39. The number of primary amides is 1. The molecule has 1 heterocycles. The van der Waals surface area contributed by atoms with E-state index in [-0.39, 0.29) is 48.1 Å². The van der Waals surface area contributed by atoms with Gasteiger partial charge in [0, 0.05) is 30.4 Å². The van der Waals surface area contributed by atoms with E-state index in [1.165, 1.54) is 11.1 Å². The molecule has 4 atom stereocenters. The van der Waals surface area contributed by atoms with Crippen LogP contribution in [0.5, 0.6) is 5.75 Å². The standard InChI is InChI=1S/C31H34N4O8/c1-13(2)17-9-16(12-34-30(42)14-6-5-7-33-11-14)18-8-15-10-19-23(35(3)4)26(38)22(29(32)41)28(40)31(19,43)27(39)20(15)25(37)21(18)24(17)36/h5-7,9,11,13,15,19,23,36-37,40,43H,8,10,12H2,1-4H3,(H2,32,41)(H,34,42). The van der Waals surface area contributed by atoms with Crippen molar-refractivity contribution < 1.29 is 39.6 Å². The number of carbonyl (C=O) groups excluding carboxylic acids is 4. The van der Waals surface area contributed by atoms with Gasteiger partial charge in [-0.25, -0.2) is 0 Å². The van der Waals surface area contributed by atoms with Crippen molar-refractivity contribution in [2.24, 2.45) is 17.6 Å². The van der Waals surface area contributed by atoms with Gasteiger partial charge in [0.15, 0.2) is 11.4 Å². The SMILES string of the molecule is CC(C)c1cc(CNC(=O)c2cccnc2)c2c(c1O)C(O)=C1C(=O)C3(O)C(O)=C(C(N)=O)C(=O)C(N(C)C)C3CC1C2. The van der Waals surface area contributed by atoms with Gasteiger partial charge in [0.1, 0.15) is 22.8 Å². The number of ketones is 2. The molecular formula is C31H34N4O8. The Bertz CT molecular complexity index is 1630. The lowest BCUT2D eigenvalue weighted by molar-refractivity contribution is -0.153. The fourth-order valence-corrected chi connectivity index (χ4v) is 6.78. The number of benzene rings is 1. The van der Waals surface area contributed by atoms with E-state index in [1.54, 1.807) is 38.5 Å². The molecule has 5 rings (SSSR count). The molecule has 2 amide bonds. The van der Waals surface area contributed by atoms with E-state index in [4.69, 9.17) is 5.73 Å². The van der Waals surface area contributed by atoms with Crippen LogP contribution < -0.4 is 11.1 Å². The summed E-state index contributed by atoms with van der Waals surface area (Å²) in [6.45, 7) is 3.71. The molecular weight excluding hydrogens is 556 g/mol. The molecule has 1 saturated carbocycles. The predicted molar refractivity (Wildman–Crippen MR) is 154 cm³/mol. The van der Waals surface area contributed by atoms with Crippen molar-refractivity contribution in [3.8, 4) is 5.75 Å². The van der Waals surface area contributed by atoms with Crippen LogP contribution in [0.2, 0.25) is 0 Å². The zero-order valence-electron chi connectivity index (χ0n) is 24.2. The number of aromatic hydroxyl groups is 1. The van der Waals surface area contributed by atoms with Crippen molar-refractivity contribution in [1.82, 2.24) is 15.2 Å². The topological polar surface area (TPSA) is 203 Å². The van der Waals surface area contributed by atoms with Crippen molar-refractivity contribution in [2.75, 3.05) is 14.1 Å². The second kappa shape index (κ2) is 10.6. The number of nitrogens with one attached hydrogen (secondary N) is 1. The summed E-state index contributed by atoms with van der Waals surface area (Å²) in [6, 6.07) is 3.83. The molecule has 0 radical (unpaired) electrons. The van der Waals surface area contributed by atoms with Gasteiger partial charge in [-0.1, -0.05) is 13.8 Å². The van der Waals surface area contributed by atoms with Crippen LogP contribution in [0.25, 0.3) is 5.76 Å². The van der Waals surface area contributed by atoms with Crippen LogP contribution in [0.4, 0.5) is 0 Å². The third-order valence-corrected chi connectivity index (χ3v) is 8.83. The summed E-state index contributed by atoms with van der Waals surface area (Å²) >= 11 is 0. The monoisotopic (exact) mass is 590 g/mol. The minimum atomic E-state index is -2.71. The average Bonchev–Trinajstić information content (AvgIpc) is 2.94. The molecule has 0 spiro atoms. The van der Waals surface area contributed by atoms with Crippen molar-refractivity contribution in [3.63, 3.8) is 0 Å². The van der Waals surface area contributed by atoms with Gasteiger partial charge in [-0.3, -0.25) is 29.1 Å². The Labute approximate surface area is 247 Å². The first-order chi connectivity index (χ1) is 20.2. The highest BCUT2D eigenvalue weighted by molar-refractivity contribution is 6.24. The number of hydrogen-bond acceptors (Lipinski definition) is 10. The first kappa shape index (κ1) is 29.9. The normalized spacial score (nSPS) is 25.0. The molecule has 43 heavy (non-hydrogen) atoms. The van der Waals surface area contributed by atoms with E-state index < -0.39 is 58.0 Å². The third-order valence-electron chi connectivity index (χ3n) is 8.83. The van der Waals surface area contributed by atoms with E-state index in [9.17, 15) is 39.6 Å². The third kappa shape index (κ3) is 4.48. The van der Waals surface area contributed by atoms with Crippen LogP contribution in [0.1, 0.15) is 58.8 Å². The van der Waals surface area contributed by atoms with Gasteiger partial charge in [-0.2, -0.15) is 0 Å². The lowest BCUT2D eigenvalue weighted by Crippen LogP contribution is -2.65. The van der Waals surface area contributed by atoms with E-state index in [2.05, 4.69) is 10.3 Å². The number of fused-ring (bicyclic) bond motifs is 3. The highest BCUT2D eigenvalue weighted by atomic mass is 16.3. The number of likely N-dealkylation sites (N-methyl/N-ethyl adjacent to an activating group) is 1. The maximum absolute atomic E-state index is 14.1. The Morgan fingerprint density at radius 3 is 2.49 bits per heavy atom. The van der Waals surface area contributed by atoms with Crippen LogP contribution in [-0.2, 0) is 27.3 Å². The number of phenols is 1. The van der Waals surface area contributed by atoms with Crippen molar-refractivity contribution in [1.29, 1.82) is 0 Å². The molecule has 1 aromatic carbocycles. The van der Waals surface area contributed by atoms with Crippen LogP contribution in [-0.4, -0.2) is 79.4 Å². The Morgan fingerprint density at radius 1 is 1.21 bits per heavy atom. The molecule has 1 fully saturated rings.